The van der Waals surface area contributed by atoms with Gasteiger partial charge >= 0.3 is 6.18 Å². The Morgan fingerprint density at radius 3 is 2.65 bits per heavy atom. The fourth-order valence-electron chi connectivity index (χ4n) is 5.45. The van der Waals surface area contributed by atoms with Crippen molar-refractivity contribution in [1.29, 1.82) is 0 Å². The normalized spacial score (nSPS) is 25.0. The molecule has 0 spiro atoms. The second-order valence-corrected chi connectivity index (χ2v) is 9.51. The van der Waals surface area contributed by atoms with Crippen molar-refractivity contribution in [3.8, 4) is 11.4 Å². The summed E-state index contributed by atoms with van der Waals surface area (Å²) in [4.78, 5) is 32.2. The van der Waals surface area contributed by atoms with Crippen molar-refractivity contribution in [2.24, 2.45) is 0 Å². The molecule has 4 heterocycles. The maximum Gasteiger partial charge on any atom is 0.416 e. The molecule has 176 valence electrons. The number of carbonyl (C=O) groups is 1. The minimum Gasteiger partial charge on any atom is -0.486 e. The number of aromatic nitrogens is 3. The van der Waals surface area contributed by atoms with Gasteiger partial charge in [0.1, 0.15) is 22.7 Å². The van der Waals surface area contributed by atoms with Crippen molar-refractivity contribution in [3.63, 3.8) is 0 Å². The minimum absolute atomic E-state index is 0.229. The fourth-order valence-corrected chi connectivity index (χ4v) is 5.45. The lowest BCUT2D eigenvalue weighted by Gasteiger charge is -2.32. The summed E-state index contributed by atoms with van der Waals surface area (Å²) < 4.78 is 49.1. The van der Waals surface area contributed by atoms with Gasteiger partial charge in [-0.25, -0.2) is 4.98 Å². The van der Waals surface area contributed by atoms with Gasteiger partial charge in [-0.15, -0.1) is 0 Å². The van der Waals surface area contributed by atoms with Gasteiger partial charge in [0.25, 0.3) is 11.5 Å². The highest BCUT2D eigenvalue weighted by Crippen LogP contribution is 2.67. The van der Waals surface area contributed by atoms with E-state index in [9.17, 15) is 22.8 Å². The van der Waals surface area contributed by atoms with Crippen LogP contribution in [0, 0.1) is 6.92 Å². The summed E-state index contributed by atoms with van der Waals surface area (Å²) in [6.07, 6.45) is -0.642. The first kappa shape index (κ1) is 21.0. The zero-order chi connectivity index (χ0) is 24.0. The van der Waals surface area contributed by atoms with Crippen molar-refractivity contribution in [2.45, 2.75) is 44.0 Å². The van der Waals surface area contributed by atoms with Crippen molar-refractivity contribution < 1.29 is 22.7 Å². The number of pyridine rings is 1. The van der Waals surface area contributed by atoms with E-state index in [-0.39, 0.29) is 30.2 Å². The van der Waals surface area contributed by atoms with E-state index in [1.54, 1.807) is 34.1 Å². The first-order chi connectivity index (χ1) is 16.0. The van der Waals surface area contributed by atoms with E-state index in [4.69, 9.17) is 4.74 Å². The topological polar surface area (TPSA) is 69.4 Å². The number of halogens is 3. The van der Waals surface area contributed by atoms with Crippen molar-refractivity contribution in [1.82, 2.24) is 19.0 Å². The van der Waals surface area contributed by atoms with E-state index in [0.29, 0.717) is 30.0 Å². The van der Waals surface area contributed by atoms with E-state index in [1.165, 1.54) is 10.6 Å². The molecule has 3 aromatic rings. The summed E-state index contributed by atoms with van der Waals surface area (Å²) >= 11 is 0. The number of hydrogen-bond acceptors (Lipinski definition) is 4. The number of ether oxygens (including phenoxy) is 1. The van der Waals surface area contributed by atoms with Crippen molar-refractivity contribution >= 4 is 5.91 Å². The zero-order valence-electron chi connectivity index (χ0n) is 18.5. The van der Waals surface area contributed by atoms with E-state index >= 15 is 0 Å². The van der Waals surface area contributed by atoms with Crippen LogP contribution < -0.4 is 10.3 Å². The summed E-state index contributed by atoms with van der Waals surface area (Å²) in [5.74, 6) is 0.115. The summed E-state index contributed by atoms with van der Waals surface area (Å²) in [6, 6.07) is 6.75. The lowest BCUT2D eigenvalue weighted by molar-refractivity contribution is -0.137. The average Bonchev–Trinajstić information content (AvgIpc) is 3.02. The maximum atomic E-state index is 13.4. The highest BCUT2D eigenvalue weighted by atomic mass is 19.4. The molecule has 6 rings (SSSR count). The van der Waals surface area contributed by atoms with E-state index < -0.39 is 22.8 Å². The Bertz CT molecular complexity index is 1430. The highest BCUT2D eigenvalue weighted by Gasteiger charge is 2.73. The van der Waals surface area contributed by atoms with Gasteiger partial charge in [0.15, 0.2) is 0 Å². The molecule has 2 aromatic heterocycles. The number of hydrogen-bond donors (Lipinski definition) is 0. The number of amides is 1. The lowest BCUT2D eigenvalue weighted by atomic mass is 9.91. The van der Waals surface area contributed by atoms with Crippen LogP contribution in [0.4, 0.5) is 13.2 Å². The Balaban J connectivity index is 1.32. The Morgan fingerprint density at radius 2 is 1.94 bits per heavy atom. The second kappa shape index (κ2) is 6.52. The smallest absolute Gasteiger partial charge is 0.416 e. The van der Waals surface area contributed by atoms with Crippen molar-refractivity contribution in [2.75, 3.05) is 13.1 Å². The molecule has 1 saturated carbocycles. The standard InChI is InChI=1S/C24H21F3N4O3/c1-14-10-30(13-28-14)17-4-5-18-20(32)29(7-8-31(18)21(17)33)12-23-11-22(23,2)34-19-6-3-15(9-16(19)23)24(25,26)27/h3-6,9-10,13H,7-8,11-12H2,1-2H3/t22-,23+/m0/s1. The number of nitrogens with zero attached hydrogens (tertiary/aromatic N) is 4. The number of carbonyl (C=O) groups excluding carboxylic acids is 1. The van der Waals surface area contributed by atoms with Crippen LogP contribution in [-0.2, 0) is 18.1 Å². The van der Waals surface area contributed by atoms with Crippen LogP contribution in [0.2, 0.25) is 0 Å². The van der Waals surface area contributed by atoms with Crippen LogP contribution in [0.3, 0.4) is 0 Å². The molecule has 3 aliphatic rings. The van der Waals surface area contributed by atoms with Crippen LogP contribution in [0.15, 0.2) is 47.7 Å². The first-order valence-electron chi connectivity index (χ1n) is 11.0. The second-order valence-electron chi connectivity index (χ2n) is 9.51. The van der Waals surface area contributed by atoms with Gasteiger partial charge in [-0.2, -0.15) is 13.2 Å². The molecule has 1 aliphatic carbocycles. The van der Waals surface area contributed by atoms with Gasteiger partial charge in [-0.05, 0) is 44.2 Å². The Morgan fingerprint density at radius 1 is 1.15 bits per heavy atom. The molecular formula is C24H21F3N4O3. The van der Waals surface area contributed by atoms with Crippen molar-refractivity contribution in [3.05, 3.63) is 75.7 Å². The number of fused-ring (bicyclic) bond motifs is 4. The molecule has 1 amide bonds. The zero-order valence-corrected chi connectivity index (χ0v) is 18.5. The number of rotatable bonds is 3. The Hall–Kier alpha value is -3.56. The molecule has 0 unspecified atom stereocenters. The fraction of sp³-hybridized carbons (Fsp3) is 0.375. The molecule has 10 heteroatoms. The average molecular weight is 470 g/mol. The lowest BCUT2D eigenvalue weighted by Crippen LogP contribution is -2.48. The third kappa shape index (κ3) is 2.80. The summed E-state index contributed by atoms with van der Waals surface area (Å²) in [5, 5.41) is 0. The molecular weight excluding hydrogens is 449 g/mol. The van der Waals surface area contributed by atoms with E-state index in [1.807, 2.05) is 13.8 Å². The third-order valence-electron chi connectivity index (χ3n) is 7.39. The minimum atomic E-state index is -4.46. The Labute approximate surface area is 192 Å². The largest absolute Gasteiger partial charge is 0.486 e. The predicted molar refractivity (Wildman–Crippen MR) is 115 cm³/mol. The van der Waals surface area contributed by atoms with E-state index in [0.717, 1.165) is 17.8 Å². The summed E-state index contributed by atoms with van der Waals surface area (Å²) in [5.41, 5.74) is -0.446. The number of imidazole rings is 1. The quantitative estimate of drug-likeness (QED) is 0.589. The van der Waals surface area contributed by atoms with Gasteiger partial charge < -0.3 is 18.8 Å². The molecule has 0 bridgehead atoms. The molecule has 0 radical (unpaired) electrons. The predicted octanol–water partition coefficient (Wildman–Crippen LogP) is 3.31. The molecule has 1 fully saturated rings. The van der Waals surface area contributed by atoms with E-state index in [2.05, 4.69) is 4.98 Å². The maximum absolute atomic E-state index is 13.4. The molecule has 0 saturated heterocycles. The van der Waals surface area contributed by atoms with Gasteiger partial charge in [0.05, 0.1) is 23.0 Å². The van der Waals surface area contributed by atoms with Gasteiger partial charge in [-0.3, -0.25) is 9.59 Å². The van der Waals surface area contributed by atoms with Crippen LogP contribution in [0.5, 0.6) is 5.75 Å². The van der Waals surface area contributed by atoms with Crippen LogP contribution in [0.25, 0.3) is 5.69 Å². The van der Waals surface area contributed by atoms with Gasteiger partial charge in [0, 0.05) is 37.8 Å². The molecule has 0 N–H and O–H groups in total. The van der Waals surface area contributed by atoms with Crippen LogP contribution in [0.1, 0.15) is 40.7 Å². The first-order valence-corrected chi connectivity index (χ1v) is 11.0. The number of benzene rings is 1. The Kier molecular flexibility index (Phi) is 4.03. The molecule has 1 aromatic carbocycles. The molecule has 34 heavy (non-hydrogen) atoms. The summed E-state index contributed by atoms with van der Waals surface area (Å²) in [6.45, 7) is 4.50. The van der Waals surface area contributed by atoms with Crippen LogP contribution in [-0.4, -0.2) is 43.6 Å². The SMILES string of the molecule is Cc1cn(-c2ccc3n(c2=O)CCN(C[C@@]24C[C@]2(C)Oc2ccc(C(F)(F)F)cc24)C3=O)cn1. The monoisotopic (exact) mass is 470 g/mol. The highest BCUT2D eigenvalue weighted by molar-refractivity contribution is 5.93. The number of aryl methyl sites for hydroxylation is 1. The molecule has 2 aliphatic heterocycles. The molecule has 2 atom stereocenters. The van der Waals surface area contributed by atoms with Gasteiger partial charge in [-0.1, -0.05) is 0 Å². The van der Waals surface area contributed by atoms with Gasteiger partial charge in [0.2, 0.25) is 0 Å². The number of alkyl halides is 3. The third-order valence-corrected chi connectivity index (χ3v) is 7.39. The summed E-state index contributed by atoms with van der Waals surface area (Å²) in [7, 11) is 0. The van der Waals surface area contributed by atoms with Crippen LogP contribution >= 0.6 is 0 Å². The molecule has 7 nitrogen and oxygen atoms in total.